The van der Waals surface area contributed by atoms with Gasteiger partial charge in [0.05, 0.1) is 12.2 Å². The third kappa shape index (κ3) is 1.95. The van der Waals surface area contributed by atoms with Gasteiger partial charge in [0, 0.05) is 6.61 Å². The summed E-state index contributed by atoms with van der Waals surface area (Å²) in [4.78, 5) is 0. The van der Waals surface area contributed by atoms with Crippen molar-refractivity contribution in [2.24, 2.45) is 0 Å². The van der Waals surface area contributed by atoms with Crippen LogP contribution in [0.3, 0.4) is 0 Å². The van der Waals surface area contributed by atoms with Gasteiger partial charge in [0.2, 0.25) is 0 Å². The molecule has 1 N–H and O–H groups in total. The summed E-state index contributed by atoms with van der Waals surface area (Å²) in [6.07, 6.45) is 3.21. The maximum atomic E-state index is 9.05. The summed E-state index contributed by atoms with van der Waals surface area (Å²) in [7, 11) is 0. The van der Waals surface area contributed by atoms with Gasteiger partial charge in [-0.25, -0.2) is 0 Å². The molecule has 2 nitrogen and oxygen atoms in total. The molecule has 1 fully saturated rings. The standard InChI is InChI=1S/C7H14O2/c1-6(8)7-4-2-3-5-9-7/h6-8H,2-5H2,1H3/t6-,7?/m0/s1. The van der Waals surface area contributed by atoms with Gasteiger partial charge in [0.25, 0.3) is 0 Å². The average Bonchev–Trinajstić information content (AvgIpc) is 1.90. The van der Waals surface area contributed by atoms with Gasteiger partial charge in [-0.05, 0) is 26.2 Å². The van der Waals surface area contributed by atoms with Crippen LogP contribution in [-0.4, -0.2) is 23.9 Å². The first kappa shape index (κ1) is 7.03. The first-order valence-corrected chi connectivity index (χ1v) is 3.60. The smallest absolute Gasteiger partial charge is 0.0831 e. The average molecular weight is 130 g/mol. The number of aliphatic hydroxyl groups excluding tert-OH is 1. The minimum Gasteiger partial charge on any atom is -0.391 e. The van der Waals surface area contributed by atoms with Crippen molar-refractivity contribution in [2.45, 2.75) is 38.4 Å². The molecule has 9 heavy (non-hydrogen) atoms. The molecule has 1 saturated heterocycles. The van der Waals surface area contributed by atoms with Crippen molar-refractivity contribution in [1.82, 2.24) is 0 Å². The molecule has 54 valence electrons. The number of ether oxygens (including phenoxy) is 1. The fourth-order valence-electron chi connectivity index (χ4n) is 1.15. The van der Waals surface area contributed by atoms with Gasteiger partial charge in [-0.2, -0.15) is 0 Å². The van der Waals surface area contributed by atoms with Gasteiger partial charge in [-0.1, -0.05) is 0 Å². The van der Waals surface area contributed by atoms with Crippen LogP contribution < -0.4 is 0 Å². The number of hydrogen-bond acceptors (Lipinski definition) is 2. The summed E-state index contributed by atoms with van der Waals surface area (Å²) in [5.74, 6) is 0. The molecule has 0 bridgehead atoms. The third-order valence-electron chi connectivity index (χ3n) is 1.75. The minimum atomic E-state index is -0.287. The zero-order valence-electron chi connectivity index (χ0n) is 5.84. The predicted molar refractivity (Wildman–Crippen MR) is 35.3 cm³/mol. The summed E-state index contributed by atoms with van der Waals surface area (Å²) in [5.41, 5.74) is 0. The monoisotopic (exact) mass is 130 g/mol. The van der Waals surface area contributed by atoms with E-state index in [9.17, 15) is 0 Å². The zero-order chi connectivity index (χ0) is 6.69. The number of rotatable bonds is 1. The van der Waals surface area contributed by atoms with Crippen molar-refractivity contribution >= 4 is 0 Å². The maximum Gasteiger partial charge on any atom is 0.0831 e. The van der Waals surface area contributed by atoms with Gasteiger partial charge >= 0.3 is 0 Å². The molecule has 0 aromatic heterocycles. The van der Waals surface area contributed by atoms with Crippen LogP contribution in [-0.2, 0) is 4.74 Å². The molecule has 0 aromatic carbocycles. The van der Waals surface area contributed by atoms with E-state index in [0.717, 1.165) is 19.4 Å². The molecule has 0 spiro atoms. The van der Waals surface area contributed by atoms with E-state index < -0.39 is 0 Å². The van der Waals surface area contributed by atoms with Crippen LogP contribution in [0.2, 0.25) is 0 Å². The molecule has 0 radical (unpaired) electrons. The fourth-order valence-corrected chi connectivity index (χ4v) is 1.15. The molecule has 1 rings (SSSR count). The van der Waals surface area contributed by atoms with Gasteiger partial charge in [-0.3, -0.25) is 0 Å². The van der Waals surface area contributed by atoms with Crippen molar-refractivity contribution < 1.29 is 9.84 Å². The predicted octanol–water partition coefficient (Wildman–Crippen LogP) is 0.936. The van der Waals surface area contributed by atoms with Crippen molar-refractivity contribution in [3.05, 3.63) is 0 Å². The Morgan fingerprint density at radius 3 is 2.67 bits per heavy atom. The van der Waals surface area contributed by atoms with E-state index in [2.05, 4.69) is 0 Å². The van der Waals surface area contributed by atoms with Crippen molar-refractivity contribution in [1.29, 1.82) is 0 Å². The quantitative estimate of drug-likeness (QED) is 0.572. The van der Waals surface area contributed by atoms with Crippen molar-refractivity contribution in [2.75, 3.05) is 6.61 Å². The van der Waals surface area contributed by atoms with Crippen LogP contribution in [0.4, 0.5) is 0 Å². The molecule has 1 aliphatic heterocycles. The molecule has 0 aromatic rings. The number of hydrogen-bond donors (Lipinski definition) is 1. The summed E-state index contributed by atoms with van der Waals surface area (Å²) >= 11 is 0. The van der Waals surface area contributed by atoms with Crippen LogP contribution in [0.25, 0.3) is 0 Å². The van der Waals surface area contributed by atoms with Crippen molar-refractivity contribution in [3.8, 4) is 0 Å². The van der Waals surface area contributed by atoms with Gasteiger partial charge in [0.15, 0.2) is 0 Å². The van der Waals surface area contributed by atoms with Crippen LogP contribution in [0.5, 0.6) is 0 Å². The summed E-state index contributed by atoms with van der Waals surface area (Å²) in [5, 5.41) is 9.05. The summed E-state index contributed by atoms with van der Waals surface area (Å²) < 4.78 is 5.29. The second-order valence-corrected chi connectivity index (χ2v) is 2.65. The molecule has 0 saturated carbocycles. The molecule has 0 aliphatic carbocycles. The highest BCUT2D eigenvalue weighted by molar-refractivity contribution is 4.67. The van der Waals surface area contributed by atoms with Gasteiger partial charge < -0.3 is 9.84 Å². The molecule has 2 atom stereocenters. The second-order valence-electron chi connectivity index (χ2n) is 2.65. The Kier molecular flexibility index (Phi) is 2.49. The lowest BCUT2D eigenvalue weighted by Gasteiger charge is -2.24. The van der Waals surface area contributed by atoms with Crippen LogP contribution in [0, 0.1) is 0 Å². The Balaban J connectivity index is 2.23. The maximum absolute atomic E-state index is 9.05. The van der Waals surface area contributed by atoms with E-state index in [1.165, 1.54) is 6.42 Å². The topological polar surface area (TPSA) is 29.5 Å². The normalized spacial score (nSPS) is 32.0. The molecule has 1 unspecified atom stereocenters. The molecule has 1 aliphatic rings. The zero-order valence-corrected chi connectivity index (χ0v) is 5.84. The van der Waals surface area contributed by atoms with Crippen LogP contribution in [0.15, 0.2) is 0 Å². The third-order valence-corrected chi connectivity index (χ3v) is 1.75. The molecule has 2 heteroatoms. The van der Waals surface area contributed by atoms with Crippen LogP contribution in [0.1, 0.15) is 26.2 Å². The first-order chi connectivity index (χ1) is 4.30. The molecular formula is C7H14O2. The first-order valence-electron chi connectivity index (χ1n) is 3.60. The molecule has 1 heterocycles. The lowest BCUT2D eigenvalue weighted by Crippen LogP contribution is -2.29. The van der Waals surface area contributed by atoms with Gasteiger partial charge in [-0.15, -0.1) is 0 Å². The largest absolute Gasteiger partial charge is 0.391 e. The number of aliphatic hydroxyl groups is 1. The van der Waals surface area contributed by atoms with E-state index in [-0.39, 0.29) is 12.2 Å². The van der Waals surface area contributed by atoms with E-state index in [4.69, 9.17) is 9.84 Å². The Hall–Kier alpha value is -0.0800. The van der Waals surface area contributed by atoms with E-state index >= 15 is 0 Å². The summed E-state index contributed by atoms with van der Waals surface area (Å²) in [6.45, 7) is 2.62. The Morgan fingerprint density at radius 2 is 2.33 bits per heavy atom. The highest BCUT2D eigenvalue weighted by atomic mass is 16.5. The van der Waals surface area contributed by atoms with Gasteiger partial charge in [0.1, 0.15) is 0 Å². The van der Waals surface area contributed by atoms with Crippen LogP contribution >= 0.6 is 0 Å². The van der Waals surface area contributed by atoms with E-state index in [1.807, 2.05) is 0 Å². The second kappa shape index (κ2) is 3.18. The minimum absolute atomic E-state index is 0.110. The Labute approximate surface area is 55.8 Å². The highest BCUT2D eigenvalue weighted by Crippen LogP contribution is 2.14. The lowest BCUT2D eigenvalue weighted by atomic mass is 10.1. The van der Waals surface area contributed by atoms with Crippen molar-refractivity contribution in [3.63, 3.8) is 0 Å². The summed E-state index contributed by atoms with van der Waals surface area (Å²) in [6, 6.07) is 0. The Bertz CT molecular complexity index is 75.0. The highest BCUT2D eigenvalue weighted by Gasteiger charge is 2.17. The molecular weight excluding hydrogens is 116 g/mol. The van der Waals surface area contributed by atoms with E-state index in [0.29, 0.717) is 0 Å². The van der Waals surface area contributed by atoms with E-state index in [1.54, 1.807) is 6.92 Å². The Morgan fingerprint density at radius 1 is 1.56 bits per heavy atom. The SMILES string of the molecule is C[C@H](O)C1CCCCO1. The lowest BCUT2D eigenvalue weighted by molar-refractivity contribution is -0.0544. The molecule has 0 amide bonds. The fraction of sp³-hybridized carbons (Fsp3) is 1.00.